The molecule has 2 aromatic carbocycles. The van der Waals surface area contributed by atoms with E-state index in [2.05, 4.69) is 25.7 Å². The molecule has 2 amide bonds. The molecular weight excluding hydrogens is 452 g/mol. The van der Waals surface area contributed by atoms with Crippen LogP contribution in [0.3, 0.4) is 0 Å². The third-order valence-corrected chi connectivity index (χ3v) is 5.21. The van der Waals surface area contributed by atoms with E-state index in [1.807, 2.05) is 6.92 Å². The summed E-state index contributed by atoms with van der Waals surface area (Å²) in [6, 6.07) is 11.8. The molecule has 0 aromatic heterocycles. The summed E-state index contributed by atoms with van der Waals surface area (Å²) < 4.78 is 39.8. The fourth-order valence-corrected chi connectivity index (χ4v) is 3.43. The number of amides is 2. The molecule has 3 N–H and O–H groups in total. The van der Waals surface area contributed by atoms with E-state index in [0.717, 1.165) is 6.42 Å². The van der Waals surface area contributed by atoms with Gasteiger partial charge in [-0.2, -0.15) is 8.42 Å². The molecule has 0 saturated carbocycles. The first kappa shape index (κ1) is 25.6. The molecule has 0 unspecified atom stereocenters. The van der Waals surface area contributed by atoms with Crippen LogP contribution in [-0.2, 0) is 24.4 Å². The highest BCUT2D eigenvalue weighted by molar-refractivity contribution is 7.87. The lowest BCUT2D eigenvalue weighted by Crippen LogP contribution is -2.32. The van der Waals surface area contributed by atoms with Crippen LogP contribution in [-0.4, -0.2) is 53.7 Å². The zero-order chi connectivity index (χ0) is 24.3. The number of anilines is 2. The van der Waals surface area contributed by atoms with Gasteiger partial charge in [0.2, 0.25) is 11.9 Å². The van der Waals surface area contributed by atoms with Crippen molar-refractivity contribution in [2.45, 2.75) is 18.2 Å². The molecule has 0 bridgehead atoms. The highest BCUT2D eigenvalue weighted by Crippen LogP contribution is 2.29. The first-order valence-electron chi connectivity index (χ1n) is 9.89. The van der Waals surface area contributed by atoms with Gasteiger partial charge in [-0.1, -0.05) is 25.1 Å². The Labute approximate surface area is 192 Å². The van der Waals surface area contributed by atoms with Gasteiger partial charge in [0.25, 0.3) is 0 Å². The molecule has 12 heteroatoms. The minimum Gasteiger partial charge on any atom is -0.451 e. The van der Waals surface area contributed by atoms with Crippen LogP contribution in [0.25, 0.3) is 0 Å². The Bertz CT molecular complexity index is 1090. The van der Waals surface area contributed by atoms with Gasteiger partial charge < -0.3 is 29.6 Å². The number of nitrogens with zero attached hydrogens (tertiary/aromatic N) is 1. The first-order chi connectivity index (χ1) is 15.8. The molecule has 0 aliphatic rings. The second kappa shape index (κ2) is 12.4. The van der Waals surface area contributed by atoms with Crippen LogP contribution >= 0.6 is 0 Å². The Hall–Kier alpha value is -3.64. The van der Waals surface area contributed by atoms with Crippen LogP contribution in [0.1, 0.15) is 13.3 Å². The van der Waals surface area contributed by atoms with Crippen molar-refractivity contribution in [1.82, 2.24) is 5.32 Å². The Morgan fingerprint density at radius 3 is 2.36 bits per heavy atom. The van der Waals surface area contributed by atoms with Gasteiger partial charge in [0, 0.05) is 19.7 Å². The second-order valence-electron chi connectivity index (χ2n) is 6.52. The summed E-state index contributed by atoms with van der Waals surface area (Å²) in [4.78, 5) is 27.4. The molecule has 0 radical (unpaired) electrons. The standard InChI is InChI=1S/C21H26N4O7S/c1-4-12-22-20(25-21(27)31-3)24-18-13-15(10-11-17(18)23-19(26)14-30-2)32-33(28,29)16-8-6-5-7-9-16/h5-11,13H,4,12,14H2,1-3H3,(H,23,26)(H2,22,24,25,27). The van der Waals surface area contributed by atoms with Crippen LogP contribution in [0.5, 0.6) is 5.75 Å². The maximum atomic E-state index is 12.6. The van der Waals surface area contributed by atoms with Crippen molar-refractivity contribution >= 4 is 39.5 Å². The minimum absolute atomic E-state index is 0.0189. The van der Waals surface area contributed by atoms with E-state index in [1.54, 1.807) is 18.2 Å². The average Bonchev–Trinajstić information content (AvgIpc) is 2.79. The Balaban J connectivity index is 2.41. The van der Waals surface area contributed by atoms with E-state index < -0.39 is 22.1 Å². The van der Waals surface area contributed by atoms with Gasteiger partial charge >= 0.3 is 16.2 Å². The number of hydrogen-bond acceptors (Lipinski definition) is 7. The van der Waals surface area contributed by atoms with Crippen molar-refractivity contribution in [1.29, 1.82) is 0 Å². The van der Waals surface area contributed by atoms with Crippen molar-refractivity contribution in [3.05, 3.63) is 48.5 Å². The quantitative estimate of drug-likeness (QED) is 0.281. The molecule has 0 fully saturated rings. The predicted molar refractivity (Wildman–Crippen MR) is 123 cm³/mol. The molecule has 178 valence electrons. The van der Waals surface area contributed by atoms with E-state index >= 15 is 0 Å². The van der Waals surface area contributed by atoms with Crippen molar-refractivity contribution in [2.75, 3.05) is 38.0 Å². The fraction of sp³-hybridized carbons (Fsp3) is 0.286. The van der Waals surface area contributed by atoms with E-state index in [4.69, 9.17) is 8.92 Å². The highest BCUT2D eigenvalue weighted by atomic mass is 32.2. The van der Waals surface area contributed by atoms with Crippen molar-refractivity contribution in [3.8, 4) is 5.75 Å². The molecule has 11 nitrogen and oxygen atoms in total. The van der Waals surface area contributed by atoms with Crippen LogP contribution in [0.15, 0.2) is 58.4 Å². The number of ether oxygens (including phenoxy) is 2. The number of guanidine groups is 1. The second-order valence-corrected chi connectivity index (χ2v) is 8.07. The van der Waals surface area contributed by atoms with Gasteiger partial charge in [0.1, 0.15) is 17.3 Å². The van der Waals surface area contributed by atoms with Gasteiger partial charge in [-0.05, 0) is 30.7 Å². The summed E-state index contributed by atoms with van der Waals surface area (Å²) in [5.41, 5.74) is 0.490. The molecule has 2 rings (SSSR count). The predicted octanol–water partition coefficient (Wildman–Crippen LogP) is 2.57. The van der Waals surface area contributed by atoms with Gasteiger partial charge in [-0.25, -0.2) is 4.79 Å². The normalized spacial score (nSPS) is 11.4. The number of rotatable bonds is 9. The number of aliphatic imine (C=N–C) groups is 1. The Morgan fingerprint density at radius 1 is 1.00 bits per heavy atom. The molecule has 0 aliphatic carbocycles. The SMILES string of the molecule is CCCN/C(=N\C(=O)OC)Nc1cc(OS(=O)(=O)c2ccccc2)ccc1NC(=O)COC. The van der Waals surface area contributed by atoms with Gasteiger partial charge in [-0.15, -0.1) is 4.99 Å². The Kier molecular flexibility index (Phi) is 9.63. The van der Waals surface area contributed by atoms with Gasteiger partial charge in [0.15, 0.2) is 0 Å². The van der Waals surface area contributed by atoms with E-state index in [0.29, 0.717) is 6.54 Å². The van der Waals surface area contributed by atoms with Gasteiger partial charge in [-0.3, -0.25) is 4.79 Å². The molecule has 33 heavy (non-hydrogen) atoms. The molecule has 0 saturated heterocycles. The number of carbonyl (C=O) groups is 2. The third-order valence-electron chi connectivity index (χ3n) is 3.95. The summed E-state index contributed by atoms with van der Waals surface area (Å²) in [7, 11) is -1.54. The highest BCUT2D eigenvalue weighted by Gasteiger charge is 2.18. The maximum absolute atomic E-state index is 12.6. The lowest BCUT2D eigenvalue weighted by Gasteiger charge is -2.17. The molecule has 0 spiro atoms. The first-order valence-corrected chi connectivity index (χ1v) is 11.3. The lowest BCUT2D eigenvalue weighted by molar-refractivity contribution is -0.119. The van der Waals surface area contributed by atoms with Gasteiger partial charge in [0.05, 0.1) is 18.5 Å². The summed E-state index contributed by atoms with van der Waals surface area (Å²) in [5.74, 6) is -0.438. The van der Waals surface area contributed by atoms with Crippen LogP contribution in [0, 0.1) is 0 Å². The van der Waals surface area contributed by atoms with E-state index in [9.17, 15) is 18.0 Å². The van der Waals surface area contributed by atoms with Crippen molar-refractivity contribution in [2.24, 2.45) is 4.99 Å². The van der Waals surface area contributed by atoms with Crippen molar-refractivity contribution < 1.29 is 31.7 Å². The molecule has 2 aromatic rings. The topological polar surface area (TPSA) is 144 Å². The van der Waals surface area contributed by atoms with Crippen LogP contribution in [0.4, 0.5) is 16.2 Å². The monoisotopic (exact) mass is 478 g/mol. The molecule has 0 heterocycles. The number of hydrogen-bond donors (Lipinski definition) is 3. The summed E-state index contributed by atoms with van der Waals surface area (Å²) in [5, 5.41) is 8.42. The summed E-state index contributed by atoms with van der Waals surface area (Å²) in [6.07, 6.45) is -0.122. The largest absolute Gasteiger partial charge is 0.451 e. The minimum atomic E-state index is -4.10. The molecule has 0 aliphatic heterocycles. The Morgan fingerprint density at radius 2 is 1.73 bits per heavy atom. The lowest BCUT2D eigenvalue weighted by atomic mass is 10.2. The maximum Gasteiger partial charge on any atom is 0.436 e. The summed E-state index contributed by atoms with van der Waals surface area (Å²) in [6.45, 7) is 2.20. The molecular formula is C21H26N4O7S. The molecule has 0 atom stereocenters. The number of benzene rings is 2. The van der Waals surface area contributed by atoms with E-state index in [1.165, 1.54) is 44.6 Å². The van der Waals surface area contributed by atoms with E-state index in [-0.39, 0.29) is 34.6 Å². The zero-order valence-corrected chi connectivity index (χ0v) is 19.3. The van der Waals surface area contributed by atoms with Crippen molar-refractivity contribution in [3.63, 3.8) is 0 Å². The summed E-state index contributed by atoms with van der Waals surface area (Å²) >= 11 is 0. The number of methoxy groups -OCH3 is 2. The fourth-order valence-electron chi connectivity index (χ4n) is 2.49. The smallest absolute Gasteiger partial charge is 0.436 e. The van der Waals surface area contributed by atoms with Crippen LogP contribution in [0.2, 0.25) is 0 Å². The third kappa shape index (κ3) is 8.09. The zero-order valence-electron chi connectivity index (χ0n) is 18.5. The van der Waals surface area contributed by atoms with Crippen LogP contribution < -0.4 is 20.1 Å². The number of carbonyl (C=O) groups excluding carboxylic acids is 2. The number of nitrogens with one attached hydrogen (secondary N) is 3. The average molecular weight is 479 g/mol.